The fourth-order valence-electron chi connectivity index (χ4n) is 2.72. The van der Waals surface area contributed by atoms with Gasteiger partial charge < -0.3 is 19.7 Å². The molecule has 0 spiro atoms. The van der Waals surface area contributed by atoms with Crippen molar-refractivity contribution in [2.45, 2.75) is 6.92 Å². The molecule has 2 aromatic rings. The van der Waals surface area contributed by atoms with E-state index in [4.69, 9.17) is 9.47 Å². The van der Waals surface area contributed by atoms with Crippen molar-refractivity contribution in [2.24, 2.45) is 0 Å². The second-order valence-electron chi connectivity index (χ2n) is 6.11. The van der Waals surface area contributed by atoms with Crippen molar-refractivity contribution in [1.29, 1.82) is 0 Å². The van der Waals surface area contributed by atoms with Crippen molar-refractivity contribution >= 4 is 23.6 Å². The summed E-state index contributed by atoms with van der Waals surface area (Å²) >= 11 is 0. The third kappa shape index (κ3) is 4.88. The van der Waals surface area contributed by atoms with Crippen LogP contribution in [0.5, 0.6) is 11.5 Å². The van der Waals surface area contributed by atoms with Gasteiger partial charge in [0.2, 0.25) is 11.8 Å². The number of hydrogen-bond donors (Lipinski definition) is 1. The molecule has 0 saturated heterocycles. The molecule has 28 heavy (non-hydrogen) atoms. The number of benzene rings is 2. The largest absolute Gasteiger partial charge is 0.486 e. The van der Waals surface area contributed by atoms with E-state index in [-0.39, 0.29) is 18.4 Å². The first-order chi connectivity index (χ1) is 13.6. The molecular formula is C21H21FN2O4. The average molecular weight is 384 g/mol. The summed E-state index contributed by atoms with van der Waals surface area (Å²) in [5.74, 6) is 0.0772. The summed E-state index contributed by atoms with van der Waals surface area (Å²) in [6, 6.07) is 11.3. The SMILES string of the molecule is CCN(CC(=O)Nc1ccc2c(c1)OCCO2)C(=O)/C=C/c1ccccc1F. The Hall–Kier alpha value is -3.35. The van der Waals surface area contributed by atoms with E-state index in [0.717, 1.165) is 0 Å². The van der Waals surface area contributed by atoms with Crippen molar-refractivity contribution in [2.75, 3.05) is 31.6 Å². The van der Waals surface area contributed by atoms with Gasteiger partial charge in [-0.25, -0.2) is 4.39 Å². The third-order valence-corrected chi connectivity index (χ3v) is 4.16. The van der Waals surface area contributed by atoms with Crippen LogP contribution in [0.2, 0.25) is 0 Å². The number of halogens is 1. The van der Waals surface area contributed by atoms with Crippen LogP contribution in [0.4, 0.5) is 10.1 Å². The number of nitrogens with zero attached hydrogens (tertiary/aromatic N) is 1. The minimum Gasteiger partial charge on any atom is -0.486 e. The zero-order valence-electron chi connectivity index (χ0n) is 15.5. The molecule has 2 amide bonds. The Kier molecular flexibility index (Phi) is 6.26. The van der Waals surface area contributed by atoms with Crippen LogP contribution < -0.4 is 14.8 Å². The zero-order valence-corrected chi connectivity index (χ0v) is 15.5. The second kappa shape index (κ2) is 9.03. The van der Waals surface area contributed by atoms with Crippen molar-refractivity contribution in [3.63, 3.8) is 0 Å². The van der Waals surface area contributed by atoms with E-state index in [0.29, 0.717) is 42.5 Å². The normalized spacial score (nSPS) is 12.6. The van der Waals surface area contributed by atoms with Crippen LogP contribution in [-0.4, -0.2) is 43.0 Å². The number of carbonyl (C=O) groups is 2. The number of rotatable bonds is 6. The zero-order chi connectivity index (χ0) is 19.9. The molecule has 0 fully saturated rings. The summed E-state index contributed by atoms with van der Waals surface area (Å²) in [6.45, 7) is 2.94. The van der Waals surface area contributed by atoms with E-state index in [1.807, 2.05) is 0 Å². The van der Waals surface area contributed by atoms with E-state index < -0.39 is 5.82 Å². The number of hydrogen-bond acceptors (Lipinski definition) is 4. The van der Waals surface area contributed by atoms with Crippen LogP contribution in [0, 0.1) is 5.82 Å². The number of ether oxygens (including phenoxy) is 2. The fraction of sp³-hybridized carbons (Fsp3) is 0.238. The van der Waals surface area contributed by atoms with Gasteiger partial charge >= 0.3 is 0 Å². The third-order valence-electron chi connectivity index (χ3n) is 4.16. The van der Waals surface area contributed by atoms with Gasteiger partial charge in [0.15, 0.2) is 11.5 Å². The number of likely N-dealkylation sites (N-methyl/N-ethyl adjacent to an activating group) is 1. The number of carbonyl (C=O) groups excluding carboxylic acids is 2. The number of nitrogens with one attached hydrogen (secondary N) is 1. The molecule has 146 valence electrons. The molecule has 0 radical (unpaired) electrons. The van der Waals surface area contributed by atoms with Gasteiger partial charge in [0.1, 0.15) is 25.6 Å². The Labute approximate surface area is 162 Å². The maximum Gasteiger partial charge on any atom is 0.247 e. The topological polar surface area (TPSA) is 67.9 Å². The average Bonchev–Trinajstić information content (AvgIpc) is 2.71. The Morgan fingerprint density at radius 3 is 2.64 bits per heavy atom. The highest BCUT2D eigenvalue weighted by molar-refractivity contribution is 5.98. The Morgan fingerprint density at radius 2 is 1.89 bits per heavy atom. The first-order valence-electron chi connectivity index (χ1n) is 8.98. The summed E-state index contributed by atoms with van der Waals surface area (Å²) in [6.07, 6.45) is 2.66. The van der Waals surface area contributed by atoms with Crippen LogP contribution in [0.1, 0.15) is 12.5 Å². The Bertz CT molecular complexity index is 898. The molecule has 7 heteroatoms. The Balaban J connectivity index is 1.60. The van der Waals surface area contributed by atoms with Gasteiger partial charge in [0.05, 0.1) is 0 Å². The van der Waals surface area contributed by atoms with E-state index >= 15 is 0 Å². The van der Waals surface area contributed by atoms with Crippen LogP contribution in [0.15, 0.2) is 48.5 Å². The fourth-order valence-corrected chi connectivity index (χ4v) is 2.72. The summed E-state index contributed by atoms with van der Waals surface area (Å²) in [4.78, 5) is 26.0. The lowest BCUT2D eigenvalue weighted by Crippen LogP contribution is -2.36. The van der Waals surface area contributed by atoms with E-state index in [9.17, 15) is 14.0 Å². The number of anilines is 1. The molecule has 0 saturated carbocycles. The minimum absolute atomic E-state index is 0.120. The van der Waals surface area contributed by atoms with Gasteiger partial charge in [0, 0.05) is 29.9 Å². The minimum atomic E-state index is -0.411. The monoisotopic (exact) mass is 384 g/mol. The van der Waals surface area contributed by atoms with Gasteiger partial charge in [-0.3, -0.25) is 9.59 Å². The number of amides is 2. The Morgan fingerprint density at radius 1 is 1.14 bits per heavy atom. The van der Waals surface area contributed by atoms with Gasteiger partial charge in [-0.15, -0.1) is 0 Å². The molecule has 0 unspecified atom stereocenters. The highest BCUT2D eigenvalue weighted by Gasteiger charge is 2.16. The molecule has 0 atom stereocenters. The molecule has 1 heterocycles. The van der Waals surface area contributed by atoms with E-state index in [1.54, 1.807) is 43.3 Å². The lowest BCUT2D eigenvalue weighted by Gasteiger charge is -2.20. The van der Waals surface area contributed by atoms with Gasteiger partial charge in [-0.1, -0.05) is 18.2 Å². The highest BCUT2D eigenvalue weighted by atomic mass is 19.1. The molecule has 6 nitrogen and oxygen atoms in total. The summed E-state index contributed by atoms with van der Waals surface area (Å²) in [5, 5.41) is 2.74. The lowest BCUT2D eigenvalue weighted by molar-refractivity contribution is -0.130. The predicted molar refractivity (Wildman–Crippen MR) is 104 cm³/mol. The maximum atomic E-state index is 13.6. The lowest BCUT2D eigenvalue weighted by atomic mass is 10.2. The molecule has 0 bridgehead atoms. The maximum absolute atomic E-state index is 13.6. The standard InChI is InChI=1S/C21H21FN2O4/c1-2-24(21(26)10-7-15-5-3-4-6-17(15)22)14-20(25)23-16-8-9-18-19(13-16)28-12-11-27-18/h3-10,13H,2,11-12,14H2,1H3,(H,23,25)/b10-7+. The predicted octanol–water partition coefficient (Wildman–Crippen LogP) is 3.10. The van der Waals surface area contributed by atoms with Crippen LogP contribution in [0.25, 0.3) is 6.08 Å². The van der Waals surface area contributed by atoms with Gasteiger partial charge in [-0.2, -0.15) is 0 Å². The van der Waals surface area contributed by atoms with Crippen LogP contribution in [-0.2, 0) is 9.59 Å². The smallest absolute Gasteiger partial charge is 0.247 e. The van der Waals surface area contributed by atoms with E-state index in [2.05, 4.69) is 5.32 Å². The molecule has 0 aromatic heterocycles. The van der Waals surface area contributed by atoms with E-state index in [1.165, 1.54) is 23.1 Å². The van der Waals surface area contributed by atoms with Gasteiger partial charge in [0.25, 0.3) is 0 Å². The van der Waals surface area contributed by atoms with Crippen molar-refractivity contribution in [3.8, 4) is 11.5 Å². The van der Waals surface area contributed by atoms with Crippen LogP contribution in [0.3, 0.4) is 0 Å². The van der Waals surface area contributed by atoms with Crippen molar-refractivity contribution < 1.29 is 23.5 Å². The molecule has 1 N–H and O–H groups in total. The van der Waals surface area contributed by atoms with Crippen LogP contribution >= 0.6 is 0 Å². The molecule has 1 aliphatic rings. The second-order valence-corrected chi connectivity index (χ2v) is 6.11. The molecule has 2 aromatic carbocycles. The molecular weight excluding hydrogens is 363 g/mol. The molecule has 0 aliphatic carbocycles. The van der Waals surface area contributed by atoms with Crippen molar-refractivity contribution in [3.05, 3.63) is 59.9 Å². The summed E-state index contributed by atoms with van der Waals surface area (Å²) < 4.78 is 24.6. The molecule has 3 rings (SSSR count). The first kappa shape index (κ1) is 19.4. The first-order valence-corrected chi connectivity index (χ1v) is 8.98. The van der Waals surface area contributed by atoms with Crippen molar-refractivity contribution in [1.82, 2.24) is 4.90 Å². The highest BCUT2D eigenvalue weighted by Crippen LogP contribution is 2.32. The number of fused-ring (bicyclic) bond motifs is 1. The molecule has 1 aliphatic heterocycles. The van der Waals surface area contributed by atoms with Gasteiger partial charge in [-0.05, 0) is 31.2 Å². The summed E-state index contributed by atoms with van der Waals surface area (Å²) in [5.41, 5.74) is 0.868. The quantitative estimate of drug-likeness (QED) is 0.777. The summed E-state index contributed by atoms with van der Waals surface area (Å²) in [7, 11) is 0.